The maximum atomic E-state index is 12.8. The number of nitrogens with one attached hydrogen (secondary N) is 1. The lowest BCUT2D eigenvalue weighted by atomic mass is 9.82. The summed E-state index contributed by atoms with van der Waals surface area (Å²) in [5.74, 6) is 2.26. The molecule has 1 unspecified atom stereocenters. The molecule has 162 valence electrons. The van der Waals surface area contributed by atoms with Crippen LogP contribution in [-0.4, -0.2) is 43.7 Å². The third-order valence-electron chi connectivity index (χ3n) is 6.86. The second-order valence-corrected chi connectivity index (χ2v) is 8.74. The molecule has 1 spiro atoms. The lowest BCUT2D eigenvalue weighted by molar-refractivity contribution is -0.131. The Morgan fingerprint density at radius 2 is 1.71 bits per heavy atom. The Hall–Kier alpha value is -3.15. The fourth-order valence-corrected chi connectivity index (χ4v) is 5.19. The average Bonchev–Trinajstić information content (AvgIpc) is 3.42. The normalized spacial score (nSPS) is 18.7. The summed E-state index contributed by atoms with van der Waals surface area (Å²) >= 11 is 0. The number of H-pyrrole nitrogens is 1. The maximum absolute atomic E-state index is 12.8. The highest BCUT2D eigenvalue weighted by molar-refractivity contribution is 5.91. The number of benzene rings is 2. The van der Waals surface area contributed by atoms with Crippen molar-refractivity contribution >= 4 is 16.8 Å². The largest absolute Gasteiger partial charge is 0.496 e. The van der Waals surface area contributed by atoms with E-state index in [0.717, 1.165) is 46.3 Å². The first-order chi connectivity index (χ1) is 14.9. The highest BCUT2D eigenvalue weighted by Crippen LogP contribution is 2.59. The van der Waals surface area contributed by atoms with Gasteiger partial charge in [-0.2, -0.15) is 0 Å². The van der Waals surface area contributed by atoms with Gasteiger partial charge in [0.05, 0.1) is 21.3 Å². The predicted molar refractivity (Wildman–Crippen MR) is 119 cm³/mol. The fraction of sp³-hybridized carbons (Fsp3) is 0.400. The van der Waals surface area contributed by atoms with Crippen LogP contribution < -0.4 is 14.2 Å². The first kappa shape index (κ1) is 19.8. The topological polar surface area (TPSA) is 63.8 Å². The lowest BCUT2D eigenvalue weighted by Gasteiger charge is -2.40. The van der Waals surface area contributed by atoms with E-state index in [0.29, 0.717) is 18.0 Å². The number of aromatic amines is 1. The summed E-state index contributed by atoms with van der Waals surface area (Å²) in [7, 11) is 4.99. The molecule has 0 bridgehead atoms. The number of amides is 1. The third kappa shape index (κ3) is 2.88. The molecule has 0 radical (unpaired) electrons. The molecule has 1 atom stereocenters. The monoisotopic (exact) mass is 420 g/mol. The van der Waals surface area contributed by atoms with Gasteiger partial charge in [0, 0.05) is 47.1 Å². The van der Waals surface area contributed by atoms with E-state index in [2.05, 4.69) is 23.2 Å². The zero-order chi connectivity index (χ0) is 21.9. The number of hydrogen-bond acceptors (Lipinski definition) is 4. The van der Waals surface area contributed by atoms with Crippen molar-refractivity contribution < 1.29 is 19.0 Å². The minimum Gasteiger partial charge on any atom is -0.496 e. The van der Waals surface area contributed by atoms with Gasteiger partial charge < -0.3 is 24.1 Å². The second-order valence-electron chi connectivity index (χ2n) is 8.74. The van der Waals surface area contributed by atoms with Crippen LogP contribution in [0.4, 0.5) is 0 Å². The van der Waals surface area contributed by atoms with Gasteiger partial charge in [0.1, 0.15) is 11.8 Å². The van der Waals surface area contributed by atoms with Crippen molar-refractivity contribution in [1.29, 1.82) is 0 Å². The molecule has 2 heterocycles. The Morgan fingerprint density at radius 3 is 2.32 bits per heavy atom. The van der Waals surface area contributed by atoms with Crippen LogP contribution in [0.2, 0.25) is 0 Å². The maximum Gasteiger partial charge on any atom is 0.220 e. The summed E-state index contributed by atoms with van der Waals surface area (Å²) in [6.07, 6.45) is 2.14. The number of carbonyl (C=O) groups is 1. The molecule has 1 aliphatic heterocycles. The van der Waals surface area contributed by atoms with E-state index in [1.807, 2.05) is 24.0 Å². The number of ether oxygens (including phenoxy) is 3. The van der Waals surface area contributed by atoms with E-state index >= 15 is 0 Å². The third-order valence-corrected chi connectivity index (χ3v) is 6.86. The summed E-state index contributed by atoms with van der Waals surface area (Å²) < 4.78 is 16.9. The highest BCUT2D eigenvalue weighted by Gasteiger charge is 2.54. The molecule has 1 fully saturated rings. The average molecular weight is 421 g/mol. The Bertz CT molecular complexity index is 1190. The van der Waals surface area contributed by atoms with E-state index < -0.39 is 0 Å². The highest BCUT2D eigenvalue weighted by atomic mass is 16.5. The summed E-state index contributed by atoms with van der Waals surface area (Å²) in [5, 5.41) is 1.14. The van der Waals surface area contributed by atoms with Gasteiger partial charge in [0.25, 0.3) is 0 Å². The van der Waals surface area contributed by atoms with Crippen LogP contribution in [-0.2, 0) is 10.2 Å². The molecule has 3 aromatic rings. The molecule has 2 aliphatic rings. The van der Waals surface area contributed by atoms with Crippen molar-refractivity contribution in [2.75, 3.05) is 27.9 Å². The number of methoxy groups -OCH3 is 3. The molecule has 1 amide bonds. The molecule has 6 nitrogen and oxygen atoms in total. The van der Waals surface area contributed by atoms with E-state index in [4.69, 9.17) is 14.2 Å². The van der Waals surface area contributed by atoms with Crippen molar-refractivity contribution in [3.05, 3.63) is 52.7 Å². The minimum atomic E-state index is -0.237. The number of hydrogen-bond donors (Lipinski definition) is 1. The molecule has 31 heavy (non-hydrogen) atoms. The summed E-state index contributed by atoms with van der Waals surface area (Å²) in [4.78, 5) is 18.5. The van der Waals surface area contributed by atoms with E-state index in [1.54, 1.807) is 28.3 Å². The van der Waals surface area contributed by atoms with Gasteiger partial charge in [0.2, 0.25) is 5.91 Å². The summed E-state index contributed by atoms with van der Waals surface area (Å²) in [6, 6.07) is 10.0. The number of aromatic nitrogens is 1. The second kappa shape index (κ2) is 6.94. The Morgan fingerprint density at radius 1 is 1.03 bits per heavy atom. The van der Waals surface area contributed by atoms with Crippen LogP contribution in [0.25, 0.3) is 10.9 Å². The smallest absolute Gasteiger partial charge is 0.220 e. The molecule has 5 rings (SSSR count). The van der Waals surface area contributed by atoms with Crippen molar-refractivity contribution in [1.82, 2.24) is 9.88 Å². The van der Waals surface area contributed by atoms with Gasteiger partial charge >= 0.3 is 0 Å². The first-order valence-electron chi connectivity index (χ1n) is 10.6. The molecule has 2 aromatic carbocycles. The van der Waals surface area contributed by atoms with Crippen LogP contribution in [0.1, 0.15) is 48.2 Å². The van der Waals surface area contributed by atoms with Gasteiger partial charge in [-0.05, 0) is 43.0 Å². The van der Waals surface area contributed by atoms with Crippen LogP contribution in [0.5, 0.6) is 17.2 Å². The van der Waals surface area contributed by atoms with E-state index in [9.17, 15) is 4.79 Å². The van der Waals surface area contributed by atoms with Crippen molar-refractivity contribution in [3.8, 4) is 17.2 Å². The predicted octanol–water partition coefficient (Wildman–Crippen LogP) is 4.49. The molecule has 1 aromatic heterocycles. The van der Waals surface area contributed by atoms with E-state index in [-0.39, 0.29) is 17.4 Å². The van der Waals surface area contributed by atoms with Gasteiger partial charge in [-0.15, -0.1) is 0 Å². The number of carbonyl (C=O) groups excluding carboxylic acids is 1. The SMILES string of the molecule is COc1cc2[nH]c3c(c2cc1OC)C1(CC1)CN(C(C)=O)C3c1ccc(C)cc1OC. The minimum absolute atomic E-state index is 0.00666. The van der Waals surface area contributed by atoms with Crippen LogP contribution in [0.3, 0.4) is 0 Å². The summed E-state index contributed by atoms with van der Waals surface area (Å²) in [6.45, 7) is 4.41. The molecule has 0 saturated heterocycles. The molecular formula is C25H28N2O4. The van der Waals surface area contributed by atoms with Gasteiger partial charge in [0.15, 0.2) is 11.5 Å². The Kier molecular flexibility index (Phi) is 4.43. The van der Waals surface area contributed by atoms with Crippen molar-refractivity contribution in [2.24, 2.45) is 0 Å². The lowest BCUT2D eigenvalue weighted by Crippen LogP contribution is -2.44. The number of fused-ring (bicyclic) bond motifs is 4. The Labute approximate surface area is 182 Å². The fourth-order valence-electron chi connectivity index (χ4n) is 5.19. The Balaban J connectivity index is 1.81. The molecule has 1 saturated carbocycles. The summed E-state index contributed by atoms with van der Waals surface area (Å²) in [5.41, 5.74) is 5.46. The first-order valence-corrected chi connectivity index (χ1v) is 10.6. The quantitative estimate of drug-likeness (QED) is 0.676. The zero-order valence-corrected chi connectivity index (χ0v) is 18.7. The number of rotatable bonds is 4. The van der Waals surface area contributed by atoms with Gasteiger partial charge in [-0.25, -0.2) is 0 Å². The molecule has 6 heteroatoms. The van der Waals surface area contributed by atoms with Gasteiger partial charge in [-0.1, -0.05) is 12.1 Å². The molecule has 1 aliphatic carbocycles. The zero-order valence-electron chi connectivity index (χ0n) is 18.7. The van der Waals surface area contributed by atoms with Crippen LogP contribution >= 0.6 is 0 Å². The number of nitrogens with zero attached hydrogens (tertiary/aromatic N) is 1. The van der Waals surface area contributed by atoms with Crippen molar-refractivity contribution in [3.63, 3.8) is 0 Å². The molecular weight excluding hydrogens is 392 g/mol. The van der Waals surface area contributed by atoms with E-state index in [1.165, 1.54) is 5.56 Å². The van der Waals surface area contributed by atoms with Crippen molar-refractivity contribution in [2.45, 2.75) is 38.1 Å². The van der Waals surface area contributed by atoms with Crippen LogP contribution in [0.15, 0.2) is 30.3 Å². The number of aryl methyl sites for hydroxylation is 1. The standard InChI is InChI=1S/C25H28N2O4/c1-14-6-7-16(19(10-14)29-3)24-23-22(25(8-9-25)13-27(24)15(2)28)17-11-20(30-4)21(31-5)12-18(17)26-23/h6-7,10-12,24,26H,8-9,13H2,1-5H3. The molecule has 1 N–H and O–H groups in total. The van der Waals surface area contributed by atoms with Gasteiger partial charge in [-0.3, -0.25) is 4.79 Å². The van der Waals surface area contributed by atoms with Crippen LogP contribution in [0, 0.1) is 6.92 Å².